The number of carbonyl (C=O) groups is 2. The third-order valence-electron chi connectivity index (χ3n) is 4.77. The second-order valence-electron chi connectivity index (χ2n) is 6.30. The minimum Gasteiger partial charge on any atom is -0.481 e. The number of benzene rings is 1. The summed E-state index contributed by atoms with van der Waals surface area (Å²) in [6.07, 6.45) is 5.10. The SMILES string of the molecule is CCc1cccc2c(CC(=O)N[C@@H]3CC[C@H](C(=O)O)C3)c[nH]c12. The molecule has 0 spiro atoms. The van der Waals surface area contributed by atoms with Gasteiger partial charge in [0.05, 0.1) is 12.3 Å². The zero-order valence-electron chi connectivity index (χ0n) is 13.3. The normalized spacial score (nSPS) is 20.7. The number of fused-ring (bicyclic) bond motifs is 1. The van der Waals surface area contributed by atoms with Gasteiger partial charge in [-0.1, -0.05) is 25.1 Å². The van der Waals surface area contributed by atoms with Crippen LogP contribution in [0.1, 0.15) is 37.3 Å². The molecule has 23 heavy (non-hydrogen) atoms. The van der Waals surface area contributed by atoms with Gasteiger partial charge < -0.3 is 15.4 Å². The zero-order valence-corrected chi connectivity index (χ0v) is 13.3. The maximum Gasteiger partial charge on any atom is 0.306 e. The molecule has 3 N–H and O–H groups in total. The highest BCUT2D eigenvalue weighted by Gasteiger charge is 2.30. The predicted molar refractivity (Wildman–Crippen MR) is 88.3 cm³/mol. The number of aromatic amines is 1. The highest BCUT2D eigenvalue weighted by molar-refractivity contribution is 5.90. The number of carboxylic acids is 1. The first-order chi connectivity index (χ1) is 11.1. The Labute approximate surface area is 135 Å². The van der Waals surface area contributed by atoms with Gasteiger partial charge >= 0.3 is 5.97 Å². The fourth-order valence-electron chi connectivity index (χ4n) is 3.50. The van der Waals surface area contributed by atoms with Crippen molar-refractivity contribution in [3.63, 3.8) is 0 Å². The Morgan fingerprint density at radius 3 is 2.83 bits per heavy atom. The molecule has 1 aliphatic rings. The van der Waals surface area contributed by atoms with Crippen molar-refractivity contribution < 1.29 is 14.7 Å². The molecule has 1 saturated carbocycles. The average molecular weight is 314 g/mol. The maximum atomic E-state index is 12.3. The first-order valence-corrected chi connectivity index (χ1v) is 8.18. The lowest BCUT2D eigenvalue weighted by Crippen LogP contribution is -2.34. The number of aromatic nitrogens is 1. The second-order valence-corrected chi connectivity index (χ2v) is 6.30. The van der Waals surface area contributed by atoms with Crippen LogP contribution < -0.4 is 5.32 Å². The molecule has 0 aliphatic heterocycles. The molecule has 122 valence electrons. The van der Waals surface area contributed by atoms with Gasteiger partial charge in [-0.05, 0) is 36.8 Å². The van der Waals surface area contributed by atoms with Gasteiger partial charge in [-0.2, -0.15) is 0 Å². The number of nitrogens with one attached hydrogen (secondary N) is 2. The second kappa shape index (κ2) is 6.44. The van der Waals surface area contributed by atoms with Crippen LogP contribution in [0.4, 0.5) is 0 Å². The summed E-state index contributed by atoms with van der Waals surface area (Å²) in [5.41, 5.74) is 3.33. The molecule has 0 saturated heterocycles. The van der Waals surface area contributed by atoms with E-state index in [9.17, 15) is 9.59 Å². The Morgan fingerprint density at radius 2 is 2.13 bits per heavy atom. The Hall–Kier alpha value is -2.30. The van der Waals surface area contributed by atoms with Crippen molar-refractivity contribution in [2.75, 3.05) is 0 Å². The van der Waals surface area contributed by atoms with Gasteiger partial charge in [-0.15, -0.1) is 0 Å². The van der Waals surface area contributed by atoms with Crippen LogP contribution in [0.2, 0.25) is 0 Å². The van der Waals surface area contributed by atoms with E-state index in [2.05, 4.69) is 23.3 Å². The van der Waals surface area contributed by atoms with Crippen LogP contribution in [-0.2, 0) is 22.4 Å². The van der Waals surface area contributed by atoms with Gasteiger partial charge in [0, 0.05) is 23.1 Å². The third kappa shape index (κ3) is 3.23. The van der Waals surface area contributed by atoms with Crippen LogP contribution in [0.3, 0.4) is 0 Å². The number of amides is 1. The highest BCUT2D eigenvalue weighted by Crippen LogP contribution is 2.26. The number of aliphatic carboxylic acids is 1. The van der Waals surface area contributed by atoms with Crippen molar-refractivity contribution in [1.29, 1.82) is 0 Å². The topological polar surface area (TPSA) is 82.2 Å². The molecule has 0 radical (unpaired) electrons. The number of hydrogen-bond acceptors (Lipinski definition) is 2. The summed E-state index contributed by atoms with van der Waals surface area (Å²) < 4.78 is 0. The molecule has 2 aromatic rings. The van der Waals surface area contributed by atoms with Crippen LogP contribution >= 0.6 is 0 Å². The van der Waals surface area contributed by atoms with E-state index in [0.717, 1.165) is 29.3 Å². The molecule has 2 atom stereocenters. The number of para-hydroxylation sites is 1. The van der Waals surface area contributed by atoms with E-state index in [1.807, 2.05) is 18.3 Å². The Bertz CT molecular complexity index is 735. The van der Waals surface area contributed by atoms with Crippen LogP contribution in [0.25, 0.3) is 10.9 Å². The molecule has 1 aromatic heterocycles. The van der Waals surface area contributed by atoms with E-state index in [1.165, 1.54) is 5.56 Å². The van der Waals surface area contributed by atoms with Crippen LogP contribution in [0.5, 0.6) is 0 Å². The van der Waals surface area contributed by atoms with E-state index >= 15 is 0 Å². The number of rotatable bonds is 5. The number of carbonyl (C=O) groups excluding carboxylic acids is 1. The Morgan fingerprint density at radius 1 is 1.30 bits per heavy atom. The summed E-state index contributed by atoms with van der Waals surface area (Å²) in [7, 11) is 0. The summed E-state index contributed by atoms with van der Waals surface area (Å²) in [6, 6.07) is 6.13. The summed E-state index contributed by atoms with van der Waals surface area (Å²) in [5, 5.41) is 13.1. The van der Waals surface area contributed by atoms with E-state index in [1.54, 1.807) is 0 Å². The molecule has 1 aliphatic carbocycles. The minimum atomic E-state index is -0.759. The van der Waals surface area contributed by atoms with Gasteiger partial charge in [-0.25, -0.2) is 0 Å². The monoisotopic (exact) mass is 314 g/mol. The van der Waals surface area contributed by atoms with Gasteiger partial charge in [0.15, 0.2) is 0 Å². The van der Waals surface area contributed by atoms with Crippen molar-refractivity contribution >= 4 is 22.8 Å². The molecule has 3 rings (SSSR count). The van der Waals surface area contributed by atoms with Gasteiger partial charge in [-0.3, -0.25) is 9.59 Å². The van der Waals surface area contributed by atoms with Crippen LogP contribution in [0.15, 0.2) is 24.4 Å². The molecule has 1 aromatic carbocycles. The quantitative estimate of drug-likeness (QED) is 0.793. The van der Waals surface area contributed by atoms with Crippen molar-refractivity contribution in [2.24, 2.45) is 5.92 Å². The largest absolute Gasteiger partial charge is 0.481 e. The number of carboxylic acid groups (broad SMARTS) is 1. The smallest absolute Gasteiger partial charge is 0.306 e. The lowest BCUT2D eigenvalue weighted by Gasteiger charge is -2.12. The molecule has 0 bridgehead atoms. The van der Waals surface area contributed by atoms with Gasteiger partial charge in [0.1, 0.15) is 0 Å². The van der Waals surface area contributed by atoms with E-state index in [-0.39, 0.29) is 17.9 Å². The van der Waals surface area contributed by atoms with E-state index < -0.39 is 5.97 Å². The first kappa shape index (κ1) is 15.6. The lowest BCUT2D eigenvalue weighted by molar-refractivity contribution is -0.141. The zero-order chi connectivity index (χ0) is 16.4. The molecule has 5 heteroatoms. The van der Waals surface area contributed by atoms with Crippen molar-refractivity contribution in [3.8, 4) is 0 Å². The third-order valence-corrected chi connectivity index (χ3v) is 4.77. The Kier molecular flexibility index (Phi) is 4.37. The fraction of sp³-hybridized carbons (Fsp3) is 0.444. The van der Waals surface area contributed by atoms with Gasteiger partial charge in [0.25, 0.3) is 0 Å². The van der Waals surface area contributed by atoms with Crippen molar-refractivity contribution in [1.82, 2.24) is 10.3 Å². The average Bonchev–Trinajstić information content (AvgIpc) is 3.14. The fourth-order valence-corrected chi connectivity index (χ4v) is 3.50. The molecule has 1 heterocycles. The van der Waals surface area contributed by atoms with Crippen LogP contribution in [-0.4, -0.2) is 28.0 Å². The molecular weight excluding hydrogens is 292 g/mol. The van der Waals surface area contributed by atoms with Crippen molar-refractivity contribution in [3.05, 3.63) is 35.5 Å². The predicted octanol–water partition coefficient (Wildman–Crippen LogP) is 2.64. The molecule has 5 nitrogen and oxygen atoms in total. The summed E-state index contributed by atoms with van der Waals surface area (Å²) >= 11 is 0. The minimum absolute atomic E-state index is 0.0139. The van der Waals surface area contributed by atoms with Crippen molar-refractivity contribution in [2.45, 2.75) is 45.1 Å². The first-order valence-electron chi connectivity index (χ1n) is 8.18. The number of hydrogen-bond donors (Lipinski definition) is 3. The molecule has 1 fully saturated rings. The lowest BCUT2D eigenvalue weighted by atomic mass is 10.1. The summed E-state index contributed by atoms with van der Waals surface area (Å²) in [4.78, 5) is 26.5. The molecular formula is C18H22N2O3. The highest BCUT2D eigenvalue weighted by atomic mass is 16.4. The standard InChI is InChI=1S/C18H22N2O3/c1-2-11-4-3-5-15-13(10-19-17(11)15)9-16(21)20-14-7-6-12(8-14)18(22)23/h3-5,10,12,14,19H,2,6-9H2,1H3,(H,20,21)(H,22,23)/t12-,14+/m0/s1. The Balaban J connectivity index is 1.66. The van der Waals surface area contributed by atoms with Gasteiger partial charge in [0.2, 0.25) is 5.91 Å². The van der Waals surface area contributed by atoms with Crippen LogP contribution in [0, 0.1) is 5.92 Å². The van der Waals surface area contributed by atoms with E-state index in [4.69, 9.17) is 5.11 Å². The summed E-state index contributed by atoms with van der Waals surface area (Å²) in [6.45, 7) is 2.11. The number of H-pyrrole nitrogens is 1. The maximum absolute atomic E-state index is 12.3. The molecule has 1 amide bonds. The molecule has 0 unspecified atom stereocenters. The van der Waals surface area contributed by atoms with E-state index in [0.29, 0.717) is 19.3 Å². The summed E-state index contributed by atoms with van der Waals surface area (Å²) in [5.74, 6) is -1.12. The number of aryl methyl sites for hydroxylation is 1.